The molecule has 0 aliphatic carbocycles. The number of thiazole rings is 1. The molecule has 1 fully saturated rings. The Kier molecular flexibility index (Phi) is 6.25. The van der Waals surface area contributed by atoms with Crippen LogP contribution in [-0.2, 0) is 0 Å². The second-order valence-electron chi connectivity index (χ2n) is 3.57. The first-order valence-electron chi connectivity index (χ1n) is 4.63. The minimum Gasteiger partial charge on any atom is -0.336 e. The SMILES string of the molecule is Cc1ncsc1C(=O)N1CC[C@@H](N)C1.Cl.Cl. The smallest absolute Gasteiger partial charge is 0.265 e. The number of nitrogens with zero attached hydrogens (tertiary/aromatic N) is 2. The van der Waals surface area contributed by atoms with E-state index < -0.39 is 0 Å². The molecule has 1 saturated heterocycles. The van der Waals surface area contributed by atoms with E-state index in [4.69, 9.17) is 5.73 Å². The van der Waals surface area contributed by atoms with Gasteiger partial charge in [0, 0.05) is 19.1 Å². The molecule has 1 atom stereocenters. The number of amides is 1. The van der Waals surface area contributed by atoms with E-state index in [0.717, 1.165) is 23.5 Å². The first-order chi connectivity index (χ1) is 6.68. The maximum atomic E-state index is 11.9. The predicted octanol–water partition coefficient (Wildman–Crippen LogP) is 1.47. The monoisotopic (exact) mass is 283 g/mol. The molecular formula is C9H15Cl2N3OS. The number of aryl methyl sites for hydroxylation is 1. The summed E-state index contributed by atoms with van der Waals surface area (Å²) in [6.07, 6.45) is 0.906. The van der Waals surface area contributed by atoms with Crippen LogP contribution in [0, 0.1) is 6.92 Å². The van der Waals surface area contributed by atoms with E-state index in [1.807, 2.05) is 11.8 Å². The van der Waals surface area contributed by atoms with Gasteiger partial charge in [0.15, 0.2) is 0 Å². The van der Waals surface area contributed by atoms with E-state index >= 15 is 0 Å². The molecule has 0 unspecified atom stereocenters. The van der Waals surface area contributed by atoms with Gasteiger partial charge in [-0.15, -0.1) is 36.2 Å². The van der Waals surface area contributed by atoms with Crippen molar-refractivity contribution in [2.45, 2.75) is 19.4 Å². The van der Waals surface area contributed by atoms with Crippen molar-refractivity contribution in [3.05, 3.63) is 16.1 Å². The van der Waals surface area contributed by atoms with Crippen molar-refractivity contribution in [1.82, 2.24) is 9.88 Å². The third kappa shape index (κ3) is 3.07. The van der Waals surface area contributed by atoms with Crippen LogP contribution in [0.1, 0.15) is 21.8 Å². The number of hydrogen-bond donors (Lipinski definition) is 1. The Hall–Kier alpha value is -0.360. The first-order valence-corrected chi connectivity index (χ1v) is 5.51. The number of halogens is 2. The minimum absolute atomic E-state index is 0. The fraction of sp³-hybridized carbons (Fsp3) is 0.556. The maximum Gasteiger partial charge on any atom is 0.265 e. The van der Waals surface area contributed by atoms with E-state index in [-0.39, 0.29) is 36.8 Å². The van der Waals surface area contributed by atoms with E-state index in [2.05, 4.69) is 4.98 Å². The number of rotatable bonds is 1. The molecule has 2 heterocycles. The van der Waals surface area contributed by atoms with Crippen molar-refractivity contribution < 1.29 is 4.79 Å². The molecule has 0 aromatic carbocycles. The van der Waals surface area contributed by atoms with Crippen molar-refractivity contribution in [1.29, 1.82) is 0 Å². The summed E-state index contributed by atoms with van der Waals surface area (Å²) in [5, 5.41) is 0. The highest BCUT2D eigenvalue weighted by molar-refractivity contribution is 7.11. The van der Waals surface area contributed by atoms with Gasteiger partial charge in [-0.2, -0.15) is 0 Å². The van der Waals surface area contributed by atoms with Crippen LogP contribution in [0.5, 0.6) is 0 Å². The lowest BCUT2D eigenvalue weighted by molar-refractivity contribution is 0.0794. The maximum absolute atomic E-state index is 11.9. The standard InChI is InChI=1S/C9H13N3OS.2ClH/c1-6-8(14-5-11-6)9(13)12-3-2-7(10)4-12;;/h5,7H,2-4,10H2,1H3;2*1H/t7-;;/m1../s1. The summed E-state index contributed by atoms with van der Waals surface area (Å²) in [4.78, 5) is 18.5. The molecule has 16 heavy (non-hydrogen) atoms. The van der Waals surface area contributed by atoms with Crippen LogP contribution < -0.4 is 5.73 Å². The Morgan fingerprint density at radius 2 is 2.31 bits per heavy atom. The van der Waals surface area contributed by atoms with E-state index in [1.54, 1.807) is 5.51 Å². The molecule has 0 spiro atoms. The first kappa shape index (κ1) is 15.6. The molecule has 92 valence electrons. The summed E-state index contributed by atoms with van der Waals surface area (Å²) in [5.74, 6) is 0.0814. The third-order valence-electron chi connectivity index (χ3n) is 2.45. The molecule has 0 bridgehead atoms. The molecule has 2 N–H and O–H groups in total. The zero-order valence-electron chi connectivity index (χ0n) is 8.88. The zero-order chi connectivity index (χ0) is 10.1. The highest BCUT2D eigenvalue weighted by Gasteiger charge is 2.26. The Morgan fingerprint density at radius 1 is 1.62 bits per heavy atom. The van der Waals surface area contributed by atoms with Gasteiger partial charge in [0.25, 0.3) is 5.91 Å². The highest BCUT2D eigenvalue weighted by Crippen LogP contribution is 2.18. The number of likely N-dealkylation sites (tertiary alicyclic amines) is 1. The van der Waals surface area contributed by atoms with Gasteiger partial charge in [0.1, 0.15) is 4.88 Å². The van der Waals surface area contributed by atoms with E-state index in [0.29, 0.717) is 6.54 Å². The van der Waals surface area contributed by atoms with Crippen molar-refractivity contribution >= 4 is 42.1 Å². The van der Waals surface area contributed by atoms with Crippen molar-refractivity contribution in [3.8, 4) is 0 Å². The van der Waals surface area contributed by atoms with Crippen molar-refractivity contribution in [2.24, 2.45) is 5.73 Å². The number of carbonyl (C=O) groups is 1. The largest absolute Gasteiger partial charge is 0.336 e. The number of hydrogen-bond acceptors (Lipinski definition) is 4. The molecule has 0 radical (unpaired) electrons. The average Bonchev–Trinajstić information content (AvgIpc) is 2.73. The fourth-order valence-electron chi connectivity index (χ4n) is 1.62. The lowest BCUT2D eigenvalue weighted by Crippen LogP contribution is -2.31. The fourth-order valence-corrected chi connectivity index (χ4v) is 2.39. The summed E-state index contributed by atoms with van der Waals surface area (Å²) in [5.41, 5.74) is 8.28. The van der Waals surface area contributed by atoms with Crippen LogP contribution in [0.3, 0.4) is 0 Å². The van der Waals surface area contributed by atoms with Gasteiger partial charge in [0.05, 0.1) is 11.2 Å². The van der Waals surface area contributed by atoms with Crippen LogP contribution in [0.25, 0.3) is 0 Å². The van der Waals surface area contributed by atoms with Gasteiger partial charge in [-0.3, -0.25) is 4.79 Å². The normalized spacial score (nSPS) is 18.9. The summed E-state index contributed by atoms with van der Waals surface area (Å²) in [6.45, 7) is 3.31. The molecular weight excluding hydrogens is 269 g/mol. The Balaban J connectivity index is 0.00000112. The molecule has 0 saturated carbocycles. The molecule has 1 aliphatic heterocycles. The molecule has 1 amide bonds. The van der Waals surface area contributed by atoms with Crippen LogP contribution in [-0.4, -0.2) is 34.9 Å². The minimum atomic E-state index is 0. The Bertz CT molecular complexity index is 358. The molecule has 1 aromatic rings. The Labute approximate surface area is 111 Å². The average molecular weight is 284 g/mol. The Morgan fingerprint density at radius 3 is 2.75 bits per heavy atom. The third-order valence-corrected chi connectivity index (χ3v) is 3.37. The lowest BCUT2D eigenvalue weighted by Gasteiger charge is -2.14. The summed E-state index contributed by atoms with van der Waals surface area (Å²) < 4.78 is 0. The zero-order valence-corrected chi connectivity index (χ0v) is 11.3. The van der Waals surface area contributed by atoms with E-state index in [1.165, 1.54) is 11.3 Å². The molecule has 2 rings (SSSR count). The van der Waals surface area contributed by atoms with Gasteiger partial charge >= 0.3 is 0 Å². The lowest BCUT2D eigenvalue weighted by atomic mass is 10.3. The van der Waals surface area contributed by atoms with Crippen molar-refractivity contribution in [3.63, 3.8) is 0 Å². The van der Waals surface area contributed by atoms with Gasteiger partial charge in [-0.05, 0) is 13.3 Å². The summed E-state index contributed by atoms with van der Waals surface area (Å²) >= 11 is 1.40. The topological polar surface area (TPSA) is 59.2 Å². The summed E-state index contributed by atoms with van der Waals surface area (Å²) in [7, 11) is 0. The number of nitrogens with two attached hydrogens (primary N) is 1. The molecule has 1 aromatic heterocycles. The van der Waals surface area contributed by atoms with Crippen LogP contribution >= 0.6 is 36.2 Å². The molecule has 4 nitrogen and oxygen atoms in total. The highest BCUT2D eigenvalue weighted by atomic mass is 35.5. The van der Waals surface area contributed by atoms with Gasteiger partial charge in [-0.25, -0.2) is 4.98 Å². The second kappa shape index (κ2) is 6.39. The molecule has 7 heteroatoms. The van der Waals surface area contributed by atoms with Crippen molar-refractivity contribution in [2.75, 3.05) is 13.1 Å². The van der Waals surface area contributed by atoms with Crippen LogP contribution in [0.4, 0.5) is 0 Å². The van der Waals surface area contributed by atoms with Gasteiger partial charge < -0.3 is 10.6 Å². The number of aromatic nitrogens is 1. The number of carbonyl (C=O) groups excluding carboxylic acids is 1. The summed E-state index contributed by atoms with van der Waals surface area (Å²) in [6, 6.07) is 0.146. The molecule has 1 aliphatic rings. The van der Waals surface area contributed by atoms with Gasteiger partial charge in [0.2, 0.25) is 0 Å². The van der Waals surface area contributed by atoms with Crippen LogP contribution in [0.15, 0.2) is 5.51 Å². The van der Waals surface area contributed by atoms with Gasteiger partial charge in [-0.1, -0.05) is 0 Å². The van der Waals surface area contributed by atoms with Crippen LogP contribution in [0.2, 0.25) is 0 Å². The second-order valence-corrected chi connectivity index (χ2v) is 4.42. The van der Waals surface area contributed by atoms with E-state index in [9.17, 15) is 4.79 Å². The quantitative estimate of drug-likeness (QED) is 0.849. The predicted molar refractivity (Wildman–Crippen MR) is 69.8 cm³/mol.